The molecular weight excluding hydrogens is 333 g/mol. The maximum Gasteiger partial charge on any atom is 0.256 e. The molecule has 0 aliphatic rings. The van der Waals surface area contributed by atoms with Gasteiger partial charge in [0.2, 0.25) is 0 Å². The van der Waals surface area contributed by atoms with E-state index in [2.05, 4.69) is 10.4 Å². The highest BCUT2D eigenvalue weighted by atomic mass is 35.5. The van der Waals surface area contributed by atoms with E-state index in [9.17, 15) is 4.79 Å². The first-order valence-corrected chi connectivity index (χ1v) is 7.70. The molecule has 0 saturated heterocycles. The number of carbonyl (C=O) groups is 1. The second-order valence-corrected chi connectivity index (χ2v) is 5.84. The molecule has 3 rings (SSSR count). The molecular formula is C17H13Cl2N3O. The smallest absolute Gasteiger partial charge is 0.256 e. The summed E-state index contributed by atoms with van der Waals surface area (Å²) in [6, 6.07) is 16.0. The topological polar surface area (TPSA) is 46.9 Å². The van der Waals surface area contributed by atoms with Crippen LogP contribution in [0.15, 0.2) is 60.8 Å². The number of nitrogens with one attached hydrogen (secondary N) is 1. The summed E-state index contributed by atoms with van der Waals surface area (Å²) >= 11 is 11.9. The maximum absolute atomic E-state index is 12.3. The van der Waals surface area contributed by atoms with E-state index in [1.165, 1.54) is 0 Å². The van der Waals surface area contributed by atoms with Crippen LogP contribution in [0.4, 0.5) is 5.82 Å². The number of halogens is 2. The van der Waals surface area contributed by atoms with Crippen LogP contribution in [-0.2, 0) is 6.54 Å². The minimum atomic E-state index is -0.236. The molecule has 0 saturated carbocycles. The van der Waals surface area contributed by atoms with E-state index in [1.807, 2.05) is 24.3 Å². The zero-order valence-corrected chi connectivity index (χ0v) is 13.6. The van der Waals surface area contributed by atoms with Crippen LogP contribution in [0, 0.1) is 0 Å². The van der Waals surface area contributed by atoms with Gasteiger partial charge in [-0.05, 0) is 35.9 Å². The lowest BCUT2D eigenvalue weighted by molar-refractivity contribution is 0.102. The van der Waals surface area contributed by atoms with Gasteiger partial charge in [-0.2, -0.15) is 5.10 Å². The lowest BCUT2D eigenvalue weighted by Crippen LogP contribution is -2.16. The normalized spacial score (nSPS) is 10.5. The van der Waals surface area contributed by atoms with Crippen molar-refractivity contribution in [1.82, 2.24) is 9.78 Å². The maximum atomic E-state index is 12.3. The first kappa shape index (κ1) is 15.6. The van der Waals surface area contributed by atoms with Crippen molar-refractivity contribution < 1.29 is 4.79 Å². The van der Waals surface area contributed by atoms with Crippen molar-refractivity contribution in [2.75, 3.05) is 5.32 Å². The van der Waals surface area contributed by atoms with E-state index < -0.39 is 0 Å². The second-order valence-electron chi connectivity index (χ2n) is 4.97. The van der Waals surface area contributed by atoms with Gasteiger partial charge in [0.15, 0.2) is 0 Å². The van der Waals surface area contributed by atoms with Crippen LogP contribution in [0.1, 0.15) is 15.9 Å². The van der Waals surface area contributed by atoms with Gasteiger partial charge in [-0.25, -0.2) is 4.68 Å². The van der Waals surface area contributed by atoms with Gasteiger partial charge in [-0.15, -0.1) is 0 Å². The molecule has 2 aromatic carbocycles. The summed E-state index contributed by atoms with van der Waals surface area (Å²) in [6.45, 7) is 0.513. The van der Waals surface area contributed by atoms with Crippen LogP contribution in [0.2, 0.25) is 10.0 Å². The minimum Gasteiger partial charge on any atom is -0.307 e. The number of carbonyl (C=O) groups excluding carboxylic acids is 1. The fraction of sp³-hybridized carbons (Fsp3) is 0.0588. The summed E-state index contributed by atoms with van der Waals surface area (Å²) in [7, 11) is 0. The lowest BCUT2D eigenvalue weighted by Gasteiger charge is -2.09. The van der Waals surface area contributed by atoms with Crippen LogP contribution in [0.3, 0.4) is 0 Å². The summed E-state index contributed by atoms with van der Waals surface area (Å²) in [4.78, 5) is 12.3. The fourth-order valence-corrected chi connectivity index (χ4v) is 2.59. The predicted octanol–water partition coefficient (Wildman–Crippen LogP) is 4.49. The molecule has 116 valence electrons. The number of amides is 1. The third-order valence-corrected chi connectivity index (χ3v) is 3.74. The molecule has 0 aliphatic carbocycles. The molecule has 0 bridgehead atoms. The van der Waals surface area contributed by atoms with Crippen LogP contribution < -0.4 is 5.32 Å². The highest BCUT2D eigenvalue weighted by Gasteiger charge is 2.10. The van der Waals surface area contributed by atoms with E-state index in [0.717, 1.165) is 5.56 Å². The number of benzene rings is 2. The van der Waals surface area contributed by atoms with Crippen LogP contribution in [-0.4, -0.2) is 15.7 Å². The molecule has 1 aromatic heterocycles. The molecule has 0 spiro atoms. The quantitative estimate of drug-likeness (QED) is 0.757. The predicted molar refractivity (Wildman–Crippen MR) is 92.2 cm³/mol. The number of rotatable bonds is 4. The van der Waals surface area contributed by atoms with Crippen molar-refractivity contribution >= 4 is 34.9 Å². The summed E-state index contributed by atoms with van der Waals surface area (Å²) in [5.74, 6) is 0.371. The molecule has 23 heavy (non-hydrogen) atoms. The summed E-state index contributed by atoms with van der Waals surface area (Å²) in [5.41, 5.74) is 1.49. The third kappa shape index (κ3) is 3.92. The van der Waals surface area contributed by atoms with E-state index in [4.69, 9.17) is 23.2 Å². The Labute approximate surface area is 143 Å². The van der Waals surface area contributed by atoms with Gasteiger partial charge >= 0.3 is 0 Å². The molecule has 6 heteroatoms. The largest absolute Gasteiger partial charge is 0.307 e. The minimum absolute atomic E-state index is 0.236. The SMILES string of the molecule is O=C(Nc1ccnn1Cc1cccc(Cl)c1)c1cccc(Cl)c1. The molecule has 0 radical (unpaired) electrons. The Bertz CT molecular complexity index is 845. The van der Waals surface area contributed by atoms with Crippen LogP contribution in [0.5, 0.6) is 0 Å². The number of aromatic nitrogens is 2. The van der Waals surface area contributed by atoms with Gasteiger partial charge in [0.1, 0.15) is 5.82 Å². The van der Waals surface area contributed by atoms with Gasteiger partial charge in [0.25, 0.3) is 5.91 Å². The van der Waals surface area contributed by atoms with Gasteiger partial charge in [0.05, 0.1) is 12.7 Å². The first-order valence-electron chi connectivity index (χ1n) is 6.95. The Morgan fingerprint density at radius 2 is 1.78 bits per heavy atom. The Balaban J connectivity index is 1.77. The average molecular weight is 346 g/mol. The molecule has 1 N–H and O–H groups in total. The number of nitrogens with zero attached hydrogens (tertiary/aromatic N) is 2. The van der Waals surface area contributed by atoms with Crippen molar-refractivity contribution in [3.05, 3.63) is 82.0 Å². The number of hydrogen-bond acceptors (Lipinski definition) is 2. The molecule has 0 fully saturated rings. The Morgan fingerprint density at radius 3 is 2.52 bits per heavy atom. The zero-order chi connectivity index (χ0) is 16.2. The standard InChI is InChI=1S/C17H13Cl2N3O/c18-14-5-1-3-12(9-14)11-22-16(7-8-20-22)21-17(23)13-4-2-6-15(19)10-13/h1-10H,11H2,(H,21,23). The molecule has 0 unspecified atom stereocenters. The van der Waals surface area contributed by atoms with E-state index in [0.29, 0.717) is 28.0 Å². The zero-order valence-electron chi connectivity index (χ0n) is 12.0. The lowest BCUT2D eigenvalue weighted by atomic mass is 10.2. The van der Waals surface area contributed by atoms with Gasteiger partial charge in [-0.1, -0.05) is 41.4 Å². The average Bonchev–Trinajstić information content (AvgIpc) is 2.94. The van der Waals surface area contributed by atoms with Gasteiger partial charge in [-0.3, -0.25) is 4.79 Å². The monoisotopic (exact) mass is 345 g/mol. The van der Waals surface area contributed by atoms with Crippen LogP contribution >= 0.6 is 23.2 Å². The second kappa shape index (κ2) is 6.86. The Kier molecular flexibility index (Phi) is 4.65. The van der Waals surface area contributed by atoms with E-state index in [1.54, 1.807) is 41.2 Å². The molecule has 4 nitrogen and oxygen atoms in total. The third-order valence-electron chi connectivity index (χ3n) is 3.27. The highest BCUT2D eigenvalue weighted by molar-refractivity contribution is 6.31. The highest BCUT2D eigenvalue weighted by Crippen LogP contribution is 2.16. The summed E-state index contributed by atoms with van der Waals surface area (Å²) in [6.07, 6.45) is 1.64. The van der Waals surface area contributed by atoms with E-state index in [-0.39, 0.29) is 5.91 Å². The molecule has 0 atom stereocenters. The molecule has 1 amide bonds. The fourth-order valence-electron chi connectivity index (χ4n) is 2.19. The van der Waals surface area contributed by atoms with Crippen molar-refractivity contribution in [2.24, 2.45) is 0 Å². The van der Waals surface area contributed by atoms with Gasteiger partial charge < -0.3 is 5.32 Å². The molecule has 0 aliphatic heterocycles. The molecule has 3 aromatic rings. The number of hydrogen-bond donors (Lipinski definition) is 1. The summed E-state index contributed by atoms with van der Waals surface area (Å²) < 4.78 is 1.70. The van der Waals surface area contributed by atoms with Gasteiger partial charge in [0, 0.05) is 21.7 Å². The number of anilines is 1. The first-order chi connectivity index (χ1) is 11.1. The van der Waals surface area contributed by atoms with Crippen molar-refractivity contribution in [1.29, 1.82) is 0 Å². The summed E-state index contributed by atoms with van der Waals surface area (Å²) in [5, 5.41) is 8.26. The Morgan fingerprint density at radius 1 is 1.04 bits per heavy atom. The van der Waals surface area contributed by atoms with Crippen molar-refractivity contribution in [2.45, 2.75) is 6.54 Å². The van der Waals surface area contributed by atoms with Crippen molar-refractivity contribution in [3.8, 4) is 0 Å². The van der Waals surface area contributed by atoms with E-state index >= 15 is 0 Å². The van der Waals surface area contributed by atoms with Crippen molar-refractivity contribution in [3.63, 3.8) is 0 Å². The Hall–Kier alpha value is -2.30. The molecule has 1 heterocycles. The van der Waals surface area contributed by atoms with Crippen LogP contribution in [0.25, 0.3) is 0 Å².